The van der Waals surface area contributed by atoms with Gasteiger partial charge in [-0.3, -0.25) is 4.90 Å². The van der Waals surface area contributed by atoms with Gasteiger partial charge in [0.2, 0.25) is 0 Å². The summed E-state index contributed by atoms with van der Waals surface area (Å²) in [6, 6.07) is 9.78. The Morgan fingerprint density at radius 3 is 2.85 bits per heavy atom. The van der Waals surface area contributed by atoms with Crippen molar-refractivity contribution in [2.24, 2.45) is 0 Å². The fourth-order valence-corrected chi connectivity index (χ4v) is 3.20. The van der Waals surface area contributed by atoms with Gasteiger partial charge in [-0.1, -0.05) is 18.2 Å². The summed E-state index contributed by atoms with van der Waals surface area (Å²) in [5.41, 5.74) is 1.27. The molecule has 1 fully saturated rings. The van der Waals surface area contributed by atoms with Crippen LogP contribution in [-0.4, -0.2) is 50.9 Å². The minimum atomic E-state index is 0.331. The zero-order valence-electron chi connectivity index (χ0n) is 12.3. The highest BCUT2D eigenvalue weighted by atomic mass is 16.5. The largest absolute Gasteiger partial charge is 0.492 e. The van der Waals surface area contributed by atoms with Crippen molar-refractivity contribution in [3.8, 4) is 5.75 Å². The number of para-hydroxylation sites is 1. The molecule has 1 N–H and O–H groups in total. The Labute approximate surface area is 121 Å². The molecule has 4 heteroatoms. The summed E-state index contributed by atoms with van der Waals surface area (Å²) in [5.74, 6) is 1.02. The van der Waals surface area contributed by atoms with E-state index in [9.17, 15) is 0 Å². The normalized spacial score (nSPS) is 25.4. The second kappa shape index (κ2) is 6.12. The second-order valence-electron chi connectivity index (χ2n) is 5.64. The van der Waals surface area contributed by atoms with Crippen molar-refractivity contribution in [3.05, 3.63) is 29.8 Å². The first kappa shape index (κ1) is 13.9. The average molecular weight is 276 g/mol. The molecule has 1 aliphatic heterocycles. The van der Waals surface area contributed by atoms with E-state index in [1.165, 1.54) is 18.4 Å². The van der Waals surface area contributed by atoms with Gasteiger partial charge < -0.3 is 14.8 Å². The topological polar surface area (TPSA) is 33.7 Å². The molecule has 0 spiro atoms. The lowest BCUT2D eigenvalue weighted by Gasteiger charge is -2.40. The molecule has 20 heavy (non-hydrogen) atoms. The highest BCUT2D eigenvalue weighted by Gasteiger charge is 2.40. The Morgan fingerprint density at radius 1 is 1.35 bits per heavy atom. The van der Waals surface area contributed by atoms with Gasteiger partial charge in [-0.2, -0.15) is 0 Å². The lowest BCUT2D eigenvalue weighted by atomic mass is 9.95. The SMILES string of the molecule is CNC1c2ccccc2OCC1N(CCOC)C1CC1. The predicted octanol–water partition coefficient (Wildman–Crippen LogP) is 1.82. The number of ether oxygens (including phenoxy) is 2. The van der Waals surface area contributed by atoms with Crippen LogP contribution >= 0.6 is 0 Å². The number of hydrogen-bond acceptors (Lipinski definition) is 4. The first-order valence-corrected chi connectivity index (χ1v) is 7.49. The molecular formula is C16H24N2O2. The van der Waals surface area contributed by atoms with Crippen molar-refractivity contribution in [3.63, 3.8) is 0 Å². The average Bonchev–Trinajstić information content (AvgIpc) is 3.32. The lowest BCUT2D eigenvalue weighted by Crippen LogP contribution is -2.51. The Bertz CT molecular complexity index is 448. The van der Waals surface area contributed by atoms with E-state index < -0.39 is 0 Å². The van der Waals surface area contributed by atoms with Crippen LogP contribution in [0.4, 0.5) is 0 Å². The maximum absolute atomic E-state index is 5.98. The summed E-state index contributed by atoms with van der Waals surface area (Å²) < 4.78 is 11.3. The highest BCUT2D eigenvalue weighted by molar-refractivity contribution is 5.38. The van der Waals surface area contributed by atoms with Crippen molar-refractivity contribution < 1.29 is 9.47 Å². The van der Waals surface area contributed by atoms with E-state index in [1.807, 2.05) is 13.1 Å². The molecular weight excluding hydrogens is 252 g/mol. The van der Waals surface area contributed by atoms with Crippen LogP contribution in [0.15, 0.2) is 24.3 Å². The smallest absolute Gasteiger partial charge is 0.124 e. The van der Waals surface area contributed by atoms with Crippen LogP contribution in [0.5, 0.6) is 5.75 Å². The van der Waals surface area contributed by atoms with E-state index in [-0.39, 0.29) is 0 Å². The van der Waals surface area contributed by atoms with E-state index in [1.54, 1.807) is 7.11 Å². The van der Waals surface area contributed by atoms with Gasteiger partial charge in [-0.05, 0) is 26.0 Å². The van der Waals surface area contributed by atoms with Gasteiger partial charge in [0, 0.05) is 25.3 Å². The molecule has 4 nitrogen and oxygen atoms in total. The third-order valence-corrected chi connectivity index (χ3v) is 4.35. The third kappa shape index (κ3) is 2.68. The van der Waals surface area contributed by atoms with Crippen molar-refractivity contribution in [1.29, 1.82) is 0 Å². The molecule has 0 aromatic heterocycles. The van der Waals surface area contributed by atoms with Gasteiger partial charge >= 0.3 is 0 Å². The number of nitrogens with one attached hydrogen (secondary N) is 1. The molecule has 0 radical (unpaired) electrons. The number of rotatable bonds is 6. The first-order chi connectivity index (χ1) is 9.85. The van der Waals surface area contributed by atoms with Gasteiger partial charge in [-0.15, -0.1) is 0 Å². The maximum Gasteiger partial charge on any atom is 0.124 e. The van der Waals surface area contributed by atoms with E-state index in [2.05, 4.69) is 28.4 Å². The first-order valence-electron chi connectivity index (χ1n) is 7.49. The van der Waals surface area contributed by atoms with Crippen molar-refractivity contribution in [2.45, 2.75) is 31.0 Å². The van der Waals surface area contributed by atoms with Gasteiger partial charge in [0.25, 0.3) is 0 Å². The zero-order chi connectivity index (χ0) is 13.9. The third-order valence-electron chi connectivity index (χ3n) is 4.35. The zero-order valence-corrected chi connectivity index (χ0v) is 12.3. The Morgan fingerprint density at radius 2 is 2.15 bits per heavy atom. The van der Waals surface area contributed by atoms with Crippen LogP contribution in [0.1, 0.15) is 24.4 Å². The monoisotopic (exact) mass is 276 g/mol. The van der Waals surface area contributed by atoms with Crippen molar-refractivity contribution >= 4 is 0 Å². The molecule has 1 aliphatic carbocycles. The molecule has 0 saturated heterocycles. The van der Waals surface area contributed by atoms with Crippen molar-refractivity contribution in [2.75, 3.05) is 33.9 Å². The maximum atomic E-state index is 5.98. The molecule has 2 aliphatic rings. The molecule has 2 atom stereocenters. The molecule has 3 rings (SSSR count). The van der Waals surface area contributed by atoms with Crippen LogP contribution in [-0.2, 0) is 4.74 Å². The van der Waals surface area contributed by atoms with Crippen LogP contribution in [0.3, 0.4) is 0 Å². The van der Waals surface area contributed by atoms with Crippen molar-refractivity contribution in [1.82, 2.24) is 10.2 Å². The van der Waals surface area contributed by atoms with E-state index >= 15 is 0 Å². The molecule has 110 valence electrons. The summed E-state index contributed by atoms with van der Waals surface area (Å²) in [5, 5.41) is 3.49. The van der Waals surface area contributed by atoms with Gasteiger partial charge in [0.1, 0.15) is 12.4 Å². The molecule has 1 saturated carbocycles. The van der Waals surface area contributed by atoms with Crippen LogP contribution < -0.4 is 10.1 Å². The van der Waals surface area contributed by atoms with Gasteiger partial charge in [-0.25, -0.2) is 0 Å². The molecule has 0 bridgehead atoms. The number of hydrogen-bond donors (Lipinski definition) is 1. The Balaban J connectivity index is 1.81. The number of nitrogens with zero attached hydrogens (tertiary/aromatic N) is 1. The Kier molecular flexibility index (Phi) is 4.24. The number of fused-ring (bicyclic) bond motifs is 1. The molecule has 1 heterocycles. The fourth-order valence-electron chi connectivity index (χ4n) is 3.20. The fraction of sp³-hybridized carbons (Fsp3) is 0.625. The quantitative estimate of drug-likeness (QED) is 0.859. The standard InChI is InChI=1S/C16H24N2O2/c1-17-16-13-5-3-4-6-15(13)20-11-14(16)18(9-10-19-2)12-7-8-12/h3-6,12,14,16-17H,7-11H2,1-2H3. The van der Waals surface area contributed by atoms with E-state index in [0.29, 0.717) is 18.1 Å². The number of methoxy groups -OCH3 is 1. The molecule has 1 aromatic rings. The summed E-state index contributed by atoms with van der Waals surface area (Å²) in [6.45, 7) is 2.52. The van der Waals surface area contributed by atoms with Gasteiger partial charge in [0.15, 0.2) is 0 Å². The second-order valence-corrected chi connectivity index (χ2v) is 5.64. The highest BCUT2D eigenvalue weighted by Crippen LogP contribution is 2.38. The van der Waals surface area contributed by atoms with Crippen LogP contribution in [0.2, 0.25) is 0 Å². The van der Waals surface area contributed by atoms with Crippen LogP contribution in [0, 0.1) is 0 Å². The molecule has 2 unspecified atom stereocenters. The van der Waals surface area contributed by atoms with Crippen LogP contribution in [0.25, 0.3) is 0 Å². The summed E-state index contributed by atoms with van der Waals surface area (Å²) in [7, 11) is 3.81. The predicted molar refractivity (Wildman–Crippen MR) is 79.1 cm³/mol. The Hall–Kier alpha value is -1.10. The minimum Gasteiger partial charge on any atom is -0.492 e. The minimum absolute atomic E-state index is 0.331. The van der Waals surface area contributed by atoms with E-state index in [0.717, 1.165) is 25.5 Å². The molecule has 0 amide bonds. The number of benzene rings is 1. The van der Waals surface area contributed by atoms with E-state index in [4.69, 9.17) is 9.47 Å². The summed E-state index contributed by atoms with van der Waals surface area (Å²) in [6.07, 6.45) is 2.61. The summed E-state index contributed by atoms with van der Waals surface area (Å²) in [4.78, 5) is 2.57. The lowest BCUT2D eigenvalue weighted by molar-refractivity contribution is 0.0570. The molecule has 1 aromatic carbocycles. The summed E-state index contributed by atoms with van der Waals surface area (Å²) >= 11 is 0. The number of likely N-dealkylation sites (N-methyl/N-ethyl adjacent to an activating group) is 1. The van der Waals surface area contributed by atoms with Gasteiger partial charge in [0.05, 0.1) is 18.7 Å².